The third-order valence-electron chi connectivity index (χ3n) is 13.5. The van der Waals surface area contributed by atoms with Crippen LogP contribution in [0.1, 0.15) is 105 Å². The van der Waals surface area contributed by atoms with Crippen LogP contribution in [0.15, 0.2) is 78.9 Å². The Morgan fingerprint density at radius 3 is 2.42 bits per heavy atom. The number of carbonyl (C=O) groups excluding carboxylic acids is 7. The molecule has 65 heavy (non-hydrogen) atoms. The summed E-state index contributed by atoms with van der Waals surface area (Å²) < 4.78 is 22.0. The van der Waals surface area contributed by atoms with Crippen LogP contribution in [0, 0.1) is 5.82 Å². The van der Waals surface area contributed by atoms with Crippen LogP contribution >= 0.6 is 23.2 Å². The molecule has 1 unspecified atom stereocenters. The number of anilines is 2. The standard InChI is InChI=1S/C48H45Cl2FN6O8/c49-28-14-17-32-34(25-28)54-46(64)48(32)38(31-10-5-11-33(50)39(31)51)40(56-47(48)20-2-1-3-21-47)43(61)53-29-15-12-27(13-16-29)41(59)52-22-24-65-23-6-8-26-7-4-9-30-37(26)45(63)57(44(30)62)35-18-19-36(58)55-42(35)60/h4-5,7,9-17,25,35,38,40,56H,1-3,6,8,18-24H2,(H,52,59)(H,53,61)(H,54,64)(H,55,58,60)/t35?,38-,40+,48+/m0/s1. The lowest BCUT2D eigenvalue weighted by molar-refractivity contribution is -0.136. The molecule has 4 heterocycles. The molecule has 0 aromatic heterocycles. The molecular formula is C48H45Cl2FN6O8. The molecule has 1 aliphatic carbocycles. The third-order valence-corrected chi connectivity index (χ3v) is 14.1. The Hall–Kier alpha value is -6.00. The first-order chi connectivity index (χ1) is 31.3. The molecule has 1 saturated carbocycles. The quantitative estimate of drug-likeness (QED) is 0.0814. The molecule has 0 bridgehead atoms. The van der Waals surface area contributed by atoms with E-state index in [1.54, 1.807) is 72.8 Å². The smallest absolute Gasteiger partial charge is 0.262 e. The van der Waals surface area contributed by atoms with Gasteiger partial charge in [-0.3, -0.25) is 49.1 Å². The molecule has 336 valence electrons. The van der Waals surface area contributed by atoms with Gasteiger partial charge in [0, 0.05) is 53.0 Å². The zero-order chi connectivity index (χ0) is 45.6. The summed E-state index contributed by atoms with van der Waals surface area (Å²) in [4.78, 5) is 93.7. The number of halogens is 3. The van der Waals surface area contributed by atoms with Gasteiger partial charge in [0.1, 0.15) is 17.3 Å². The number of aryl methyl sites for hydroxylation is 1. The number of hydrogen-bond acceptors (Lipinski definition) is 9. The van der Waals surface area contributed by atoms with E-state index >= 15 is 4.39 Å². The number of hydrogen-bond donors (Lipinski definition) is 5. The molecule has 2 spiro atoms. The van der Waals surface area contributed by atoms with Gasteiger partial charge in [0.05, 0.1) is 28.8 Å². The highest BCUT2D eigenvalue weighted by atomic mass is 35.5. The summed E-state index contributed by atoms with van der Waals surface area (Å²) in [6.45, 7) is 0.712. The van der Waals surface area contributed by atoms with E-state index in [0.29, 0.717) is 65.4 Å². The van der Waals surface area contributed by atoms with Crippen molar-refractivity contribution in [3.8, 4) is 0 Å². The van der Waals surface area contributed by atoms with Crippen LogP contribution in [0.25, 0.3) is 0 Å². The van der Waals surface area contributed by atoms with Gasteiger partial charge in [-0.1, -0.05) is 72.8 Å². The minimum atomic E-state index is -1.38. The summed E-state index contributed by atoms with van der Waals surface area (Å²) in [7, 11) is 0. The number of benzene rings is 4. The molecule has 17 heteroatoms. The number of imide groups is 2. The summed E-state index contributed by atoms with van der Waals surface area (Å²) in [6, 6.07) is 19.1. The van der Waals surface area contributed by atoms with Gasteiger partial charge in [0.25, 0.3) is 17.7 Å². The maximum absolute atomic E-state index is 16.2. The normalized spacial score (nSPS) is 23.1. The van der Waals surface area contributed by atoms with E-state index in [0.717, 1.165) is 24.2 Å². The first kappa shape index (κ1) is 44.2. The Morgan fingerprint density at radius 2 is 1.65 bits per heavy atom. The van der Waals surface area contributed by atoms with Crippen LogP contribution in [-0.2, 0) is 35.8 Å². The fourth-order valence-corrected chi connectivity index (χ4v) is 11.1. The molecular weight excluding hydrogens is 878 g/mol. The Labute approximate surface area is 383 Å². The van der Waals surface area contributed by atoms with Crippen molar-refractivity contribution in [2.24, 2.45) is 0 Å². The number of amides is 7. The Bertz CT molecular complexity index is 2660. The number of ether oxygens (including phenoxy) is 1. The summed E-state index contributed by atoms with van der Waals surface area (Å²) in [5.74, 6) is -5.10. The highest BCUT2D eigenvalue weighted by Gasteiger charge is 2.72. The number of piperidine rings is 1. The second-order valence-electron chi connectivity index (χ2n) is 17.2. The van der Waals surface area contributed by atoms with Crippen LogP contribution < -0.4 is 26.6 Å². The molecule has 2 saturated heterocycles. The molecule has 4 aromatic carbocycles. The van der Waals surface area contributed by atoms with E-state index in [1.807, 2.05) is 0 Å². The molecule has 4 aromatic rings. The lowest BCUT2D eigenvalue weighted by Gasteiger charge is -2.47. The van der Waals surface area contributed by atoms with Gasteiger partial charge in [-0.2, -0.15) is 0 Å². The van der Waals surface area contributed by atoms with Gasteiger partial charge < -0.3 is 20.7 Å². The van der Waals surface area contributed by atoms with Gasteiger partial charge in [-0.25, -0.2) is 4.39 Å². The monoisotopic (exact) mass is 922 g/mol. The molecule has 4 atom stereocenters. The van der Waals surface area contributed by atoms with Crippen LogP contribution in [0.2, 0.25) is 10.0 Å². The maximum Gasteiger partial charge on any atom is 0.262 e. The molecule has 3 fully saturated rings. The fourth-order valence-electron chi connectivity index (χ4n) is 10.7. The Kier molecular flexibility index (Phi) is 12.1. The van der Waals surface area contributed by atoms with Crippen molar-refractivity contribution in [3.63, 3.8) is 0 Å². The maximum atomic E-state index is 16.2. The molecule has 7 amide bonds. The molecule has 0 radical (unpaired) electrons. The first-order valence-electron chi connectivity index (χ1n) is 21.8. The van der Waals surface area contributed by atoms with E-state index in [2.05, 4.69) is 26.6 Å². The van der Waals surface area contributed by atoms with Crippen LogP contribution in [0.5, 0.6) is 0 Å². The van der Waals surface area contributed by atoms with E-state index in [1.165, 1.54) is 6.07 Å². The van der Waals surface area contributed by atoms with Crippen LogP contribution in [0.3, 0.4) is 0 Å². The largest absolute Gasteiger partial charge is 0.380 e. The van der Waals surface area contributed by atoms with E-state index in [4.69, 9.17) is 27.9 Å². The second kappa shape index (κ2) is 17.8. The summed E-state index contributed by atoms with van der Waals surface area (Å²) in [5.41, 5.74) is 0.902. The Balaban J connectivity index is 0.817. The van der Waals surface area contributed by atoms with Crippen molar-refractivity contribution in [2.45, 2.75) is 86.7 Å². The van der Waals surface area contributed by atoms with Gasteiger partial charge in [-0.15, -0.1) is 0 Å². The van der Waals surface area contributed by atoms with Gasteiger partial charge in [-0.05, 0) is 97.3 Å². The first-order valence-corrected chi connectivity index (χ1v) is 22.5. The van der Waals surface area contributed by atoms with Crippen molar-refractivity contribution < 1.29 is 42.7 Å². The van der Waals surface area contributed by atoms with E-state index in [9.17, 15) is 33.6 Å². The lowest BCUT2D eigenvalue weighted by atomic mass is 9.55. The molecule has 4 aliphatic heterocycles. The zero-order valence-electron chi connectivity index (χ0n) is 35.1. The van der Waals surface area contributed by atoms with Crippen LogP contribution in [-0.4, -0.2) is 83.6 Å². The van der Waals surface area contributed by atoms with Crippen molar-refractivity contribution >= 4 is 75.9 Å². The lowest BCUT2D eigenvalue weighted by Crippen LogP contribution is -2.60. The van der Waals surface area contributed by atoms with Crippen LogP contribution in [0.4, 0.5) is 15.8 Å². The van der Waals surface area contributed by atoms with E-state index < -0.39 is 64.3 Å². The fraction of sp³-hybridized carbons (Fsp3) is 0.354. The number of carbonyl (C=O) groups is 7. The topological polar surface area (TPSA) is 192 Å². The summed E-state index contributed by atoms with van der Waals surface area (Å²) in [6.07, 6.45) is 4.77. The number of fused-ring (bicyclic) bond motifs is 4. The molecule has 5 N–H and O–H groups in total. The summed E-state index contributed by atoms with van der Waals surface area (Å²) in [5, 5.41) is 14.9. The van der Waals surface area contributed by atoms with Gasteiger partial charge in [0.2, 0.25) is 23.6 Å². The Morgan fingerprint density at radius 1 is 0.877 bits per heavy atom. The SMILES string of the molecule is O=C1CCC(N2C(=O)c3cccc(CCCOCCNC(=O)c4ccc(NC(=O)[C@@H]5NC6(CCCCC6)[C@@]6(C(=O)Nc7cc(Cl)ccc76)[C@H]5c5cccc(Cl)c5F)cc4)c3C2=O)C(=O)N1. The number of rotatable bonds is 12. The highest BCUT2D eigenvalue weighted by molar-refractivity contribution is 6.31. The average molecular weight is 924 g/mol. The number of nitrogens with zero attached hydrogens (tertiary/aromatic N) is 1. The van der Waals surface area contributed by atoms with Crippen molar-refractivity contribution in [2.75, 3.05) is 30.4 Å². The minimum absolute atomic E-state index is 0.0374. The molecule has 9 rings (SSSR count). The molecule has 14 nitrogen and oxygen atoms in total. The molecule has 5 aliphatic rings. The predicted octanol–water partition coefficient (Wildman–Crippen LogP) is 6.20. The number of nitrogens with one attached hydrogen (secondary N) is 5. The predicted molar refractivity (Wildman–Crippen MR) is 238 cm³/mol. The van der Waals surface area contributed by atoms with Crippen molar-refractivity contribution in [1.82, 2.24) is 20.9 Å². The van der Waals surface area contributed by atoms with Gasteiger partial charge in [0.15, 0.2) is 0 Å². The third kappa shape index (κ3) is 7.67. The highest BCUT2D eigenvalue weighted by Crippen LogP contribution is 2.63. The zero-order valence-corrected chi connectivity index (χ0v) is 36.6. The van der Waals surface area contributed by atoms with Gasteiger partial charge >= 0.3 is 0 Å². The second-order valence-corrected chi connectivity index (χ2v) is 18.0. The van der Waals surface area contributed by atoms with Crippen molar-refractivity contribution in [1.29, 1.82) is 0 Å². The minimum Gasteiger partial charge on any atom is -0.380 e. The van der Waals surface area contributed by atoms with Crippen molar-refractivity contribution in [3.05, 3.63) is 128 Å². The average Bonchev–Trinajstić information content (AvgIpc) is 3.85. The summed E-state index contributed by atoms with van der Waals surface area (Å²) >= 11 is 12.7. The van der Waals surface area contributed by atoms with E-state index in [-0.39, 0.29) is 59.5 Å².